The van der Waals surface area contributed by atoms with Crippen LogP contribution >= 0.6 is 11.8 Å². The topological polar surface area (TPSA) is 124 Å². The van der Waals surface area contributed by atoms with Crippen LogP contribution in [0.2, 0.25) is 0 Å². The minimum absolute atomic E-state index is 0.0426. The number of amides is 1. The van der Waals surface area contributed by atoms with Crippen molar-refractivity contribution < 1.29 is 14.5 Å². The average molecular weight is 519 g/mol. The molecule has 0 saturated carbocycles. The quantitative estimate of drug-likeness (QED) is 0.157. The standard InChI is InChI=1S/C26H26N6O4S/c1-3-36-22-13-11-19(12-14-22)27-16-24-29-30-26(31(24)21-7-5-4-6-8-21)37-17-25(33)28-20-10-9-18(2)23(15-20)32(34)35/h4-15,27H,3,16-17H2,1-2H3,(H,28,33). The van der Waals surface area contributed by atoms with E-state index >= 15 is 0 Å². The predicted octanol–water partition coefficient (Wildman–Crippen LogP) is 5.23. The second-order valence-corrected chi connectivity index (χ2v) is 8.92. The summed E-state index contributed by atoms with van der Waals surface area (Å²) in [5.41, 5.74) is 2.63. The molecule has 4 rings (SSSR count). The number of carbonyl (C=O) groups is 1. The lowest BCUT2D eigenvalue weighted by Crippen LogP contribution is -2.15. The number of nitro groups is 1. The van der Waals surface area contributed by atoms with Crippen LogP contribution in [0.5, 0.6) is 5.75 Å². The number of aryl methyl sites for hydroxylation is 1. The summed E-state index contributed by atoms with van der Waals surface area (Å²) >= 11 is 1.23. The van der Waals surface area contributed by atoms with Gasteiger partial charge in [0.25, 0.3) is 5.69 Å². The number of anilines is 2. The molecule has 0 aliphatic heterocycles. The fraction of sp³-hybridized carbons (Fsp3) is 0.192. The zero-order chi connectivity index (χ0) is 26.2. The maximum atomic E-state index is 12.6. The maximum absolute atomic E-state index is 12.6. The molecule has 0 atom stereocenters. The lowest BCUT2D eigenvalue weighted by atomic mass is 10.2. The van der Waals surface area contributed by atoms with Crippen molar-refractivity contribution in [1.29, 1.82) is 0 Å². The molecule has 1 amide bonds. The first-order chi connectivity index (χ1) is 17.9. The number of benzene rings is 3. The molecule has 190 valence electrons. The number of rotatable bonds is 11. The van der Waals surface area contributed by atoms with Gasteiger partial charge in [0.2, 0.25) is 5.91 Å². The van der Waals surface area contributed by atoms with E-state index in [2.05, 4.69) is 20.8 Å². The molecule has 11 heteroatoms. The van der Waals surface area contributed by atoms with Gasteiger partial charge >= 0.3 is 0 Å². The molecule has 0 fully saturated rings. The second-order valence-electron chi connectivity index (χ2n) is 7.98. The van der Waals surface area contributed by atoms with Crippen LogP contribution in [-0.4, -0.2) is 38.0 Å². The van der Waals surface area contributed by atoms with Crippen LogP contribution in [0.25, 0.3) is 5.69 Å². The molecule has 37 heavy (non-hydrogen) atoms. The molecule has 1 heterocycles. The van der Waals surface area contributed by atoms with Gasteiger partial charge in [-0.1, -0.05) is 36.0 Å². The van der Waals surface area contributed by atoms with Crippen LogP contribution in [-0.2, 0) is 11.3 Å². The summed E-state index contributed by atoms with van der Waals surface area (Å²) < 4.78 is 7.39. The Labute approximate surface area is 218 Å². The molecule has 1 aromatic heterocycles. The van der Waals surface area contributed by atoms with Crippen molar-refractivity contribution in [2.45, 2.75) is 25.5 Å². The molecule has 0 saturated heterocycles. The van der Waals surface area contributed by atoms with Gasteiger partial charge < -0.3 is 15.4 Å². The van der Waals surface area contributed by atoms with Gasteiger partial charge in [0.1, 0.15) is 5.75 Å². The van der Waals surface area contributed by atoms with Gasteiger partial charge in [-0.25, -0.2) is 0 Å². The molecule has 0 unspecified atom stereocenters. The average Bonchev–Trinajstić information content (AvgIpc) is 3.31. The summed E-state index contributed by atoms with van der Waals surface area (Å²) in [4.78, 5) is 23.3. The van der Waals surface area contributed by atoms with E-state index in [1.807, 2.05) is 66.1 Å². The summed E-state index contributed by atoms with van der Waals surface area (Å²) in [5.74, 6) is 1.23. The minimum atomic E-state index is -0.467. The van der Waals surface area contributed by atoms with E-state index in [1.165, 1.54) is 17.8 Å². The Kier molecular flexibility index (Phi) is 8.37. The highest BCUT2D eigenvalue weighted by Crippen LogP contribution is 2.25. The van der Waals surface area contributed by atoms with Crippen molar-refractivity contribution >= 4 is 34.7 Å². The number of aromatic nitrogens is 3. The zero-order valence-electron chi connectivity index (χ0n) is 20.4. The lowest BCUT2D eigenvalue weighted by molar-refractivity contribution is -0.385. The smallest absolute Gasteiger partial charge is 0.274 e. The Hall–Kier alpha value is -4.38. The summed E-state index contributed by atoms with van der Waals surface area (Å²) in [6.07, 6.45) is 0. The molecule has 3 aromatic carbocycles. The van der Waals surface area contributed by atoms with Gasteiger partial charge in [0.15, 0.2) is 11.0 Å². The number of carbonyl (C=O) groups excluding carboxylic acids is 1. The first kappa shape index (κ1) is 25.7. The number of hydrogen-bond donors (Lipinski definition) is 2. The highest BCUT2D eigenvalue weighted by Gasteiger charge is 2.17. The van der Waals surface area contributed by atoms with E-state index in [0.29, 0.717) is 35.4 Å². The predicted molar refractivity (Wildman–Crippen MR) is 143 cm³/mol. The molecule has 0 radical (unpaired) electrons. The number of para-hydroxylation sites is 1. The van der Waals surface area contributed by atoms with Crippen LogP contribution in [0.15, 0.2) is 78.0 Å². The fourth-order valence-electron chi connectivity index (χ4n) is 3.57. The van der Waals surface area contributed by atoms with E-state index in [0.717, 1.165) is 17.1 Å². The molecular weight excluding hydrogens is 492 g/mol. The Morgan fingerprint density at radius 2 is 1.78 bits per heavy atom. The molecular formula is C26H26N6O4S. The van der Waals surface area contributed by atoms with Crippen LogP contribution in [0.1, 0.15) is 18.3 Å². The Bertz CT molecular complexity index is 1380. The maximum Gasteiger partial charge on any atom is 0.274 e. The fourth-order valence-corrected chi connectivity index (χ4v) is 4.34. The third-order valence-corrected chi connectivity index (χ3v) is 6.28. The first-order valence-corrected chi connectivity index (χ1v) is 12.6. The first-order valence-electron chi connectivity index (χ1n) is 11.6. The lowest BCUT2D eigenvalue weighted by Gasteiger charge is -2.12. The Morgan fingerprint density at radius 1 is 1.05 bits per heavy atom. The van der Waals surface area contributed by atoms with Crippen LogP contribution in [0, 0.1) is 17.0 Å². The third kappa shape index (κ3) is 6.64. The van der Waals surface area contributed by atoms with E-state index in [4.69, 9.17) is 4.74 Å². The SMILES string of the molecule is CCOc1ccc(NCc2nnc(SCC(=O)Nc3ccc(C)c([N+](=O)[O-])c3)n2-c2ccccc2)cc1. The van der Waals surface area contributed by atoms with Crippen LogP contribution in [0.4, 0.5) is 17.1 Å². The van der Waals surface area contributed by atoms with Crippen LogP contribution < -0.4 is 15.4 Å². The van der Waals surface area contributed by atoms with E-state index in [1.54, 1.807) is 19.1 Å². The highest BCUT2D eigenvalue weighted by molar-refractivity contribution is 7.99. The second kappa shape index (κ2) is 12.0. The number of nitrogens with zero attached hydrogens (tertiary/aromatic N) is 4. The van der Waals surface area contributed by atoms with Gasteiger partial charge in [-0.2, -0.15) is 0 Å². The molecule has 10 nitrogen and oxygen atoms in total. The molecule has 0 bridgehead atoms. The van der Waals surface area contributed by atoms with Crippen molar-refractivity contribution in [2.75, 3.05) is 23.0 Å². The molecule has 0 aliphatic carbocycles. The number of nitrogens with one attached hydrogen (secondary N) is 2. The van der Waals surface area contributed by atoms with Gasteiger partial charge in [0, 0.05) is 28.7 Å². The summed E-state index contributed by atoms with van der Waals surface area (Å²) in [7, 11) is 0. The minimum Gasteiger partial charge on any atom is -0.494 e. The number of thioether (sulfide) groups is 1. The van der Waals surface area contributed by atoms with Gasteiger partial charge in [-0.3, -0.25) is 19.5 Å². The van der Waals surface area contributed by atoms with E-state index in [9.17, 15) is 14.9 Å². The monoisotopic (exact) mass is 518 g/mol. The molecule has 0 spiro atoms. The number of nitro benzene ring substituents is 1. The summed E-state index contributed by atoms with van der Waals surface area (Å²) in [6, 6.07) is 21.9. The Balaban J connectivity index is 1.46. The van der Waals surface area contributed by atoms with Crippen molar-refractivity contribution in [3.63, 3.8) is 0 Å². The van der Waals surface area contributed by atoms with Gasteiger partial charge in [0.05, 0.1) is 23.8 Å². The van der Waals surface area contributed by atoms with Crippen molar-refractivity contribution in [2.24, 2.45) is 0 Å². The van der Waals surface area contributed by atoms with Crippen LogP contribution in [0.3, 0.4) is 0 Å². The Morgan fingerprint density at radius 3 is 2.49 bits per heavy atom. The van der Waals surface area contributed by atoms with Crippen molar-refractivity contribution in [3.05, 3.63) is 94.3 Å². The normalized spacial score (nSPS) is 10.6. The van der Waals surface area contributed by atoms with E-state index in [-0.39, 0.29) is 17.3 Å². The molecule has 0 aliphatic rings. The third-order valence-electron chi connectivity index (χ3n) is 5.35. The number of hydrogen-bond acceptors (Lipinski definition) is 8. The van der Waals surface area contributed by atoms with E-state index < -0.39 is 4.92 Å². The van der Waals surface area contributed by atoms with Gasteiger partial charge in [-0.15, -0.1) is 10.2 Å². The van der Waals surface area contributed by atoms with Crippen molar-refractivity contribution in [1.82, 2.24) is 14.8 Å². The summed E-state index contributed by atoms with van der Waals surface area (Å²) in [6.45, 7) is 4.61. The van der Waals surface area contributed by atoms with Crippen molar-refractivity contribution in [3.8, 4) is 11.4 Å². The summed E-state index contributed by atoms with van der Waals surface area (Å²) in [5, 5.41) is 26.5. The molecule has 2 N–H and O–H groups in total. The van der Waals surface area contributed by atoms with Gasteiger partial charge in [-0.05, 0) is 56.3 Å². The zero-order valence-corrected chi connectivity index (χ0v) is 21.2. The molecule has 4 aromatic rings. The largest absolute Gasteiger partial charge is 0.494 e. The highest BCUT2D eigenvalue weighted by atomic mass is 32.2. The number of ether oxygens (including phenoxy) is 1.